The number of ether oxygens (including phenoxy) is 3. The van der Waals surface area contributed by atoms with Gasteiger partial charge >= 0.3 is 0 Å². The number of aliphatic hydroxyl groups excluding tert-OH is 1. The summed E-state index contributed by atoms with van der Waals surface area (Å²) in [5, 5.41) is 8.67. The zero-order chi connectivity index (χ0) is 28.4. The zero-order valence-corrected chi connectivity index (χ0v) is 22.9. The Bertz CT molecular complexity index is 1420. The third-order valence-electron chi connectivity index (χ3n) is 6.97. The molecule has 0 bridgehead atoms. The predicted molar refractivity (Wildman–Crippen MR) is 153 cm³/mol. The summed E-state index contributed by atoms with van der Waals surface area (Å²) < 4.78 is 30.3. The number of amides is 1. The van der Waals surface area contributed by atoms with Gasteiger partial charge in [-0.2, -0.15) is 0 Å². The van der Waals surface area contributed by atoms with Crippen LogP contribution in [-0.2, 0) is 16.0 Å². The third kappa shape index (κ3) is 7.68. The number of hydrogen-bond donors (Lipinski definition) is 2. The minimum atomic E-state index is -0.193. The van der Waals surface area contributed by atoms with E-state index in [1.54, 1.807) is 12.1 Å². The molecule has 1 aromatic heterocycles. The van der Waals surface area contributed by atoms with Crippen molar-refractivity contribution in [2.45, 2.75) is 6.54 Å². The van der Waals surface area contributed by atoms with Crippen LogP contribution in [0.1, 0.15) is 15.9 Å². The summed E-state index contributed by atoms with van der Waals surface area (Å²) in [6.07, 6.45) is 0. The van der Waals surface area contributed by atoms with Gasteiger partial charge in [-0.15, -0.1) is 0 Å². The normalized spacial score (nSPS) is 14.0. The van der Waals surface area contributed by atoms with E-state index in [0.29, 0.717) is 82.7 Å². The fraction of sp³-hybridized carbons (Fsp3) is 0.355. The van der Waals surface area contributed by atoms with Crippen molar-refractivity contribution < 1.29 is 28.5 Å². The lowest BCUT2D eigenvalue weighted by molar-refractivity contribution is 0.0247. The molecule has 1 amide bonds. The first-order valence-electron chi connectivity index (χ1n) is 13.8. The Labute approximate surface area is 238 Å². The van der Waals surface area contributed by atoms with Crippen LogP contribution in [0.3, 0.4) is 0 Å². The van der Waals surface area contributed by atoms with E-state index in [0.717, 1.165) is 22.3 Å². The topological polar surface area (TPSA) is 100 Å². The molecule has 0 aliphatic carbocycles. The van der Waals surface area contributed by atoms with Gasteiger partial charge in [0.25, 0.3) is 5.91 Å². The number of H-pyrrole nitrogens is 1. The summed E-state index contributed by atoms with van der Waals surface area (Å²) in [5.41, 5.74) is 3.78. The van der Waals surface area contributed by atoms with E-state index in [1.165, 1.54) is 6.07 Å². The summed E-state index contributed by atoms with van der Waals surface area (Å²) >= 11 is 0. The number of aromatic amines is 1. The Kier molecular flexibility index (Phi) is 9.92. The lowest BCUT2D eigenvalue weighted by Crippen LogP contribution is -2.48. The van der Waals surface area contributed by atoms with Gasteiger partial charge in [0.2, 0.25) is 0 Å². The average Bonchev–Trinajstić information content (AvgIpc) is 3.44. The number of carbonyl (C=O) groups is 1. The highest BCUT2D eigenvalue weighted by atomic mass is 19.1. The van der Waals surface area contributed by atoms with E-state index in [9.17, 15) is 9.18 Å². The molecule has 0 unspecified atom stereocenters. The van der Waals surface area contributed by atoms with E-state index < -0.39 is 0 Å². The number of aliphatic hydroxyl groups is 1. The maximum absolute atomic E-state index is 14.0. The molecule has 41 heavy (non-hydrogen) atoms. The number of aromatic nitrogens is 2. The van der Waals surface area contributed by atoms with Crippen molar-refractivity contribution in [1.82, 2.24) is 19.8 Å². The number of fused-ring (bicyclic) bond motifs is 1. The maximum atomic E-state index is 14.0. The second kappa shape index (κ2) is 14.2. The van der Waals surface area contributed by atoms with Crippen LogP contribution < -0.4 is 4.74 Å². The summed E-state index contributed by atoms with van der Waals surface area (Å²) in [6, 6.07) is 20.0. The van der Waals surface area contributed by atoms with Gasteiger partial charge in [-0.1, -0.05) is 18.2 Å². The van der Waals surface area contributed by atoms with Crippen molar-refractivity contribution >= 4 is 16.9 Å². The molecule has 0 atom stereocenters. The largest absolute Gasteiger partial charge is 0.491 e. The minimum absolute atomic E-state index is 0.00730. The van der Waals surface area contributed by atoms with Gasteiger partial charge in [-0.3, -0.25) is 9.69 Å². The third-order valence-corrected chi connectivity index (χ3v) is 6.97. The number of nitrogens with one attached hydrogen (secondary N) is 1. The van der Waals surface area contributed by atoms with Gasteiger partial charge in [0.05, 0.1) is 44.1 Å². The standard InChI is InChI=1S/C31H35FN4O5/c32-27-4-2-1-3-25(27)22-35-11-13-36(14-12-35)31(38)24-7-10-28-29(21-24)34-30(33-28)23-5-8-26(9-6-23)41-20-19-40-18-17-39-16-15-37/h1-10,21,37H,11-20,22H2,(H,33,34). The number of carbonyl (C=O) groups excluding carboxylic acids is 1. The van der Waals surface area contributed by atoms with Crippen molar-refractivity contribution in [3.63, 3.8) is 0 Å². The number of piperazine rings is 1. The molecule has 2 heterocycles. The number of imidazole rings is 1. The Hall–Kier alpha value is -3.83. The molecule has 3 aromatic carbocycles. The van der Waals surface area contributed by atoms with Crippen LogP contribution in [0, 0.1) is 5.82 Å². The van der Waals surface area contributed by atoms with Crippen LogP contribution >= 0.6 is 0 Å². The van der Waals surface area contributed by atoms with Gasteiger partial charge in [-0.05, 0) is 48.5 Å². The molecule has 1 fully saturated rings. The Morgan fingerprint density at radius 3 is 2.39 bits per heavy atom. The summed E-state index contributed by atoms with van der Waals surface area (Å²) in [4.78, 5) is 25.3. The molecule has 0 saturated carbocycles. The lowest BCUT2D eigenvalue weighted by atomic mass is 10.1. The summed E-state index contributed by atoms with van der Waals surface area (Å²) in [7, 11) is 0. The van der Waals surface area contributed by atoms with E-state index in [4.69, 9.17) is 24.3 Å². The highest BCUT2D eigenvalue weighted by Gasteiger charge is 2.23. The van der Waals surface area contributed by atoms with Gasteiger partial charge < -0.3 is 29.2 Å². The molecule has 10 heteroatoms. The molecular formula is C31H35FN4O5. The molecule has 9 nitrogen and oxygen atoms in total. The SMILES string of the molecule is O=C(c1ccc2nc(-c3ccc(OCCOCCOCCO)cc3)[nH]c2c1)N1CCN(Cc2ccccc2F)CC1. The van der Waals surface area contributed by atoms with Crippen molar-refractivity contribution in [1.29, 1.82) is 0 Å². The fourth-order valence-corrected chi connectivity index (χ4v) is 4.75. The van der Waals surface area contributed by atoms with Crippen molar-refractivity contribution in [2.24, 2.45) is 0 Å². The van der Waals surface area contributed by atoms with E-state index in [2.05, 4.69) is 9.88 Å². The highest BCUT2D eigenvalue weighted by molar-refractivity contribution is 5.97. The van der Waals surface area contributed by atoms with Crippen molar-refractivity contribution in [2.75, 3.05) is 65.8 Å². The highest BCUT2D eigenvalue weighted by Crippen LogP contribution is 2.24. The molecule has 2 N–H and O–H groups in total. The fourth-order valence-electron chi connectivity index (χ4n) is 4.75. The first kappa shape index (κ1) is 28.7. The monoisotopic (exact) mass is 562 g/mol. The smallest absolute Gasteiger partial charge is 0.254 e. The van der Waals surface area contributed by atoms with Gasteiger partial charge in [0.15, 0.2) is 0 Å². The van der Waals surface area contributed by atoms with Crippen LogP contribution in [0.25, 0.3) is 22.4 Å². The average molecular weight is 563 g/mol. The molecule has 0 spiro atoms. The van der Waals surface area contributed by atoms with Crippen molar-refractivity contribution in [3.05, 3.63) is 83.7 Å². The van der Waals surface area contributed by atoms with E-state index >= 15 is 0 Å². The van der Waals surface area contributed by atoms with Crippen LogP contribution in [-0.4, -0.2) is 96.6 Å². The molecule has 216 valence electrons. The Morgan fingerprint density at radius 2 is 1.63 bits per heavy atom. The number of benzene rings is 3. The van der Waals surface area contributed by atoms with E-state index in [-0.39, 0.29) is 18.3 Å². The van der Waals surface area contributed by atoms with Crippen LogP contribution in [0.5, 0.6) is 5.75 Å². The van der Waals surface area contributed by atoms with Crippen molar-refractivity contribution in [3.8, 4) is 17.1 Å². The number of rotatable bonds is 13. The predicted octanol–water partition coefficient (Wildman–Crippen LogP) is 3.73. The number of hydrogen-bond acceptors (Lipinski definition) is 7. The zero-order valence-electron chi connectivity index (χ0n) is 22.9. The van der Waals surface area contributed by atoms with E-state index in [1.807, 2.05) is 53.4 Å². The second-order valence-corrected chi connectivity index (χ2v) is 9.80. The molecular weight excluding hydrogens is 527 g/mol. The summed E-state index contributed by atoms with van der Waals surface area (Å²) in [5.74, 6) is 1.23. The molecule has 5 rings (SSSR count). The second-order valence-electron chi connectivity index (χ2n) is 9.80. The number of nitrogens with zero attached hydrogens (tertiary/aromatic N) is 3. The molecule has 1 aliphatic rings. The lowest BCUT2D eigenvalue weighted by Gasteiger charge is -2.34. The molecule has 1 saturated heterocycles. The Morgan fingerprint density at radius 1 is 0.902 bits per heavy atom. The Balaban J connectivity index is 1.12. The van der Waals surface area contributed by atoms with Crippen LogP contribution in [0.15, 0.2) is 66.7 Å². The molecule has 1 aliphatic heterocycles. The minimum Gasteiger partial charge on any atom is -0.491 e. The number of halogens is 1. The molecule has 4 aromatic rings. The van der Waals surface area contributed by atoms with Crippen LogP contribution in [0.2, 0.25) is 0 Å². The first-order valence-corrected chi connectivity index (χ1v) is 13.8. The molecule has 0 radical (unpaired) electrons. The van der Waals surface area contributed by atoms with Gasteiger partial charge in [0, 0.05) is 49.4 Å². The van der Waals surface area contributed by atoms with Crippen LogP contribution in [0.4, 0.5) is 4.39 Å². The van der Waals surface area contributed by atoms with Gasteiger partial charge in [0.1, 0.15) is 24.0 Å². The first-order chi connectivity index (χ1) is 20.1. The van der Waals surface area contributed by atoms with Gasteiger partial charge in [-0.25, -0.2) is 9.37 Å². The quantitative estimate of drug-likeness (QED) is 0.240. The maximum Gasteiger partial charge on any atom is 0.254 e. The summed E-state index contributed by atoms with van der Waals surface area (Å²) in [6.45, 7) is 5.21.